The third-order valence-corrected chi connectivity index (χ3v) is 11.7. The Morgan fingerprint density at radius 3 is 1.34 bits per heavy atom. The van der Waals surface area contributed by atoms with Gasteiger partial charge in [0.15, 0.2) is 5.69 Å². The van der Waals surface area contributed by atoms with Gasteiger partial charge in [-0.05, 0) is 145 Å². The molecule has 6 aromatic rings. The van der Waals surface area contributed by atoms with Crippen LogP contribution in [0.15, 0.2) is 36.4 Å². The zero-order chi connectivity index (χ0) is 46.8. The maximum atomic E-state index is 13.1. The number of hydrogen-bond donors (Lipinski definition) is 5. The van der Waals surface area contributed by atoms with Crippen molar-refractivity contribution < 1.29 is 43.8 Å². The fraction of sp³-hybridized carbons (Fsp3) is 0.400. The zero-order valence-electron chi connectivity index (χ0n) is 38.8. The standard InChI is InChI=1S/C46H58N6O4.C4H4O4/c1-11-26-28(13-3)38(40-30(15-5)32(17-7)42(51-40)45(53)55-19-9)49-36(26)34-23-21-25-22-24-35(48-44(25)47-34)37-27(12-2)29(14-4)39(50-37)41-31(16-6)33(18-8)43(52-41)46(54)56-20-10;5-3(6)1-2-4(7)8/h21-24,49-52H,11-20H2,1-10H3;1-2H,(H,5,6)(H,7,8)/b;2-1-. The van der Waals surface area contributed by atoms with Crippen molar-refractivity contribution in [2.24, 2.45) is 0 Å². The molecule has 6 heterocycles. The molecule has 0 radical (unpaired) electrons. The number of carboxylic acids is 2. The first-order valence-electron chi connectivity index (χ1n) is 22.6. The summed E-state index contributed by atoms with van der Waals surface area (Å²) in [7, 11) is 0. The van der Waals surface area contributed by atoms with Gasteiger partial charge < -0.3 is 44.4 Å². The van der Waals surface area contributed by atoms with Crippen LogP contribution in [-0.4, -0.2) is 67.1 Å². The van der Waals surface area contributed by atoms with E-state index in [1.165, 1.54) is 22.3 Å². The Morgan fingerprint density at radius 2 is 0.938 bits per heavy atom. The fourth-order valence-electron chi connectivity index (χ4n) is 8.96. The number of pyridine rings is 2. The summed E-state index contributed by atoms with van der Waals surface area (Å²) in [4.78, 5) is 68.7. The van der Waals surface area contributed by atoms with Gasteiger partial charge in [-0.2, -0.15) is 0 Å². The first-order valence-corrected chi connectivity index (χ1v) is 22.6. The van der Waals surface area contributed by atoms with Crippen molar-refractivity contribution in [2.75, 3.05) is 13.2 Å². The van der Waals surface area contributed by atoms with Crippen LogP contribution in [0.5, 0.6) is 0 Å². The van der Waals surface area contributed by atoms with Crippen LogP contribution in [0, 0.1) is 0 Å². The Hall–Kier alpha value is -6.70. The number of H-pyrrole nitrogens is 5. The smallest absolute Gasteiger partial charge is 0.355 e. The number of rotatable bonds is 18. The van der Waals surface area contributed by atoms with Crippen LogP contribution in [-0.2, 0) is 70.4 Å². The van der Waals surface area contributed by atoms with E-state index in [9.17, 15) is 24.3 Å². The number of aromatic nitrogens is 6. The number of carbonyl (C=O) groups excluding carboxylic acids is 3. The Morgan fingerprint density at radius 1 is 0.547 bits per heavy atom. The molecule has 0 aliphatic heterocycles. The Kier molecular flexibility index (Phi) is 16.3. The van der Waals surface area contributed by atoms with Gasteiger partial charge in [0.2, 0.25) is 0 Å². The number of aromatic amines is 5. The molecule has 6 rings (SSSR count). The molecule has 0 aliphatic rings. The van der Waals surface area contributed by atoms with Crippen LogP contribution in [0.1, 0.15) is 135 Å². The molecular formula is C50H62N6O8. The van der Waals surface area contributed by atoms with E-state index in [0.717, 1.165) is 130 Å². The zero-order valence-corrected chi connectivity index (χ0v) is 38.8. The van der Waals surface area contributed by atoms with Crippen molar-refractivity contribution in [2.45, 2.75) is 121 Å². The van der Waals surface area contributed by atoms with Crippen LogP contribution >= 0.6 is 0 Å². The molecule has 0 aromatic carbocycles. The average Bonchev–Trinajstić information content (AvgIpc) is 4.07. The van der Waals surface area contributed by atoms with Crippen LogP contribution < -0.4 is 10.1 Å². The molecule has 64 heavy (non-hydrogen) atoms. The normalized spacial score (nSPS) is 11.3. The lowest BCUT2D eigenvalue weighted by atomic mass is 9.97. The van der Waals surface area contributed by atoms with Crippen molar-refractivity contribution in [3.63, 3.8) is 0 Å². The Labute approximate surface area is 374 Å². The number of fused-ring (bicyclic) bond motifs is 1. The molecule has 0 aliphatic carbocycles. The second-order valence-electron chi connectivity index (χ2n) is 15.1. The molecule has 0 saturated heterocycles. The summed E-state index contributed by atoms with van der Waals surface area (Å²) in [6.45, 7) is 21.5. The molecule has 340 valence electrons. The first-order chi connectivity index (χ1) is 30.8. The van der Waals surface area contributed by atoms with Gasteiger partial charge >= 0.3 is 23.6 Å². The summed E-state index contributed by atoms with van der Waals surface area (Å²) in [6.07, 6.45) is 7.31. The largest absolute Gasteiger partial charge is 0.545 e. The van der Waals surface area contributed by atoms with Gasteiger partial charge in [0, 0.05) is 6.08 Å². The number of nitrogens with one attached hydrogen (secondary N) is 5. The fourth-order valence-corrected chi connectivity index (χ4v) is 8.96. The molecule has 14 nitrogen and oxygen atoms in total. The van der Waals surface area contributed by atoms with Crippen LogP contribution in [0.4, 0.5) is 0 Å². The minimum Gasteiger partial charge on any atom is -0.545 e. The number of carbonyl (C=O) groups is 4. The van der Waals surface area contributed by atoms with E-state index >= 15 is 0 Å². The van der Waals surface area contributed by atoms with E-state index in [2.05, 4.69) is 105 Å². The maximum absolute atomic E-state index is 13.1. The summed E-state index contributed by atoms with van der Waals surface area (Å²) in [5.41, 5.74) is 18.9. The third-order valence-electron chi connectivity index (χ3n) is 11.7. The van der Waals surface area contributed by atoms with Gasteiger partial charge in [-0.3, -0.25) is 0 Å². The number of aliphatic carboxylic acids is 2. The number of nitrogens with zero attached hydrogens (tertiary/aromatic N) is 1. The number of hydrogen-bond acceptors (Lipinski definition) is 8. The van der Waals surface area contributed by atoms with Gasteiger partial charge in [-0.1, -0.05) is 55.4 Å². The van der Waals surface area contributed by atoms with Crippen LogP contribution in [0.25, 0.3) is 56.6 Å². The van der Waals surface area contributed by atoms with Crippen molar-refractivity contribution in [1.29, 1.82) is 0 Å². The third kappa shape index (κ3) is 9.60. The van der Waals surface area contributed by atoms with Crippen molar-refractivity contribution in [1.82, 2.24) is 24.9 Å². The van der Waals surface area contributed by atoms with E-state index in [4.69, 9.17) is 19.6 Å². The van der Waals surface area contributed by atoms with E-state index in [1.807, 2.05) is 13.8 Å². The quantitative estimate of drug-likeness (QED) is 0.0414. The molecule has 6 aromatic heterocycles. The number of ether oxygens (including phenoxy) is 2. The molecule has 0 spiro atoms. The predicted molar refractivity (Wildman–Crippen MR) is 246 cm³/mol. The minimum atomic E-state index is -1.51. The van der Waals surface area contributed by atoms with Crippen molar-refractivity contribution in [3.8, 4) is 45.6 Å². The highest BCUT2D eigenvalue weighted by Gasteiger charge is 2.29. The van der Waals surface area contributed by atoms with E-state index in [0.29, 0.717) is 36.8 Å². The summed E-state index contributed by atoms with van der Waals surface area (Å²) in [5.74, 6) is -3.43. The minimum absolute atomic E-state index is 0.312. The topological polar surface area (TPSA) is 220 Å². The molecule has 0 fully saturated rings. The maximum Gasteiger partial charge on any atom is 0.355 e. The van der Waals surface area contributed by atoms with Gasteiger partial charge in [-0.25, -0.2) is 19.4 Å². The second kappa shape index (κ2) is 21.6. The van der Waals surface area contributed by atoms with Gasteiger partial charge in [0.25, 0.3) is 0 Å². The van der Waals surface area contributed by atoms with Crippen LogP contribution in [0.2, 0.25) is 0 Å². The predicted octanol–water partition coefficient (Wildman–Crippen LogP) is 8.26. The van der Waals surface area contributed by atoms with Gasteiger partial charge in [0.1, 0.15) is 17.1 Å². The molecular weight excluding hydrogens is 813 g/mol. The Balaban J connectivity index is 0.000000878. The molecule has 0 saturated carbocycles. The van der Waals surface area contributed by atoms with Crippen LogP contribution in [0.3, 0.4) is 0 Å². The summed E-state index contributed by atoms with van der Waals surface area (Å²) >= 11 is 0. The first kappa shape index (κ1) is 48.3. The Bertz CT molecular complexity index is 2510. The van der Waals surface area contributed by atoms with E-state index in [-0.39, 0.29) is 11.9 Å². The molecule has 14 heteroatoms. The van der Waals surface area contributed by atoms with E-state index < -0.39 is 11.9 Å². The monoisotopic (exact) mass is 874 g/mol. The molecule has 6 N–H and O–H groups in total. The molecule has 0 unspecified atom stereocenters. The molecule has 0 bridgehead atoms. The SMILES string of the molecule is CCOC(=O)c1[nH]c(-c2[nH]c(-c3ccc4ccc(-c5[nH]c(-c6[nH]c(C(=O)OCC)c(CC)c6CC)c(CC)c5CC)[nH+]c4n3)c(CC)c2CC)c(CC)c1CC.O=C([O-])/C=C\C(=O)O. The molecule has 0 atom stereocenters. The number of esters is 2. The molecule has 0 amide bonds. The highest BCUT2D eigenvalue weighted by atomic mass is 16.5. The lowest BCUT2D eigenvalue weighted by molar-refractivity contribution is -0.334. The number of carboxylic acid groups (broad SMARTS) is 2. The lowest BCUT2D eigenvalue weighted by Gasteiger charge is -2.06. The van der Waals surface area contributed by atoms with Gasteiger partial charge in [0.05, 0.1) is 58.7 Å². The van der Waals surface area contributed by atoms with E-state index in [1.54, 1.807) is 0 Å². The lowest BCUT2D eigenvalue weighted by Crippen LogP contribution is -2.19. The summed E-state index contributed by atoms with van der Waals surface area (Å²) < 4.78 is 10.9. The van der Waals surface area contributed by atoms with Crippen molar-refractivity contribution >= 4 is 34.9 Å². The summed E-state index contributed by atoms with van der Waals surface area (Å²) in [5, 5.41) is 18.2. The second-order valence-corrected chi connectivity index (χ2v) is 15.1. The highest BCUT2D eigenvalue weighted by molar-refractivity contribution is 5.93. The average molecular weight is 875 g/mol. The van der Waals surface area contributed by atoms with Crippen molar-refractivity contribution in [3.05, 3.63) is 92.3 Å². The van der Waals surface area contributed by atoms with Gasteiger partial charge in [-0.15, -0.1) is 0 Å². The summed E-state index contributed by atoms with van der Waals surface area (Å²) in [6, 6.07) is 8.46. The highest BCUT2D eigenvalue weighted by Crippen LogP contribution is 2.40.